The van der Waals surface area contributed by atoms with Crippen LogP contribution in [0.25, 0.3) is 5.76 Å². The normalized spacial score (nSPS) is 28.7. The molecule has 3 aliphatic carbocycles. The van der Waals surface area contributed by atoms with Crippen LogP contribution in [0, 0.1) is 17.8 Å². The van der Waals surface area contributed by atoms with E-state index in [2.05, 4.69) is 0 Å². The Morgan fingerprint density at radius 2 is 1.62 bits per heavy atom. The first kappa shape index (κ1) is 17.5. The van der Waals surface area contributed by atoms with Crippen LogP contribution in [0.4, 0.5) is 0 Å². The third-order valence-corrected chi connectivity index (χ3v) is 6.88. The van der Waals surface area contributed by atoms with Crippen molar-refractivity contribution in [2.75, 3.05) is 0 Å². The molecule has 0 aromatic heterocycles. The van der Waals surface area contributed by atoms with Gasteiger partial charge in [-0.2, -0.15) is 0 Å². The molecule has 2 fully saturated rings. The molecule has 0 saturated heterocycles. The lowest BCUT2D eigenvalue weighted by molar-refractivity contribution is -0.112. The van der Waals surface area contributed by atoms with E-state index in [9.17, 15) is 14.7 Å². The summed E-state index contributed by atoms with van der Waals surface area (Å²) in [4.78, 5) is 24.7. The number of fused-ring (bicyclic) bond motifs is 2. The van der Waals surface area contributed by atoms with E-state index in [-0.39, 0.29) is 5.76 Å². The van der Waals surface area contributed by atoms with Crippen LogP contribution in [-0.2, 0) is 4.79 Å². The van der Waals surface area contributed by atoms with Gasteiger partial charge in [0.05, 0.1) is 0 Å². The molecule has 3 atom stereocenters. The van der Waals surface area contributed by atoms with Gasteiger partial charge in [-0.3, -0.25) is 9.59 Å². The number of rotatable bonds is 4. The first-order valence-corrected chi connectivity index (χ1v) is 10.3. The lowest BCUT2D eigenvalue weighted by atomic mass is 9.66. The fourth-order valence-electron chi connectivity index (χ4n) is 5.45. The summed E-state index contributed by atoms with van der Waals surface area (Å²) in [5.41, 5.74) is 1.16. The SMILES string of the molecule is O=C1C(=O)c2ccccc2C(O)=C1CCC[C@@H]1CC[C@H]2CCCC[C@@H]2C1. The number of benzene rings is 1. The van der Waals surface area contributed by atoms with E-state index in [1.807, 2.05) is 0 Å². The molecule has 0 amide bonds. The second-order valence-corrected chi connectivity index (χ2v) is 8.41. The molecule has 0 aliphatic heterocycles. The zero-order valence-electron chi connectivity index (χ0n) is 15.4. The van der Waals surface area contributed by atoms with E-state index < -0.39 is 11.6 Å². The summed E-state index contributed by atoms with van der Waals surface area (Å²) in [6.07, 6.45) is 12.1. The van der Waals surface area contributed by atoms with Crippen molar-refractivity contribution in [1.29, 1.82) is 0 Å². The minimum absolute atomic E-state index is 0.0150. The molecule has 26 heavy (non-hydrogen) atoms. The molecule has 0 unspecified atom stereocenters. The lowest BCUT2D eigenvalue weighted by Gasteiger charge is -2.39. The van der Waals surface area contributed by atoms with Gasteiger partial charge in [0.25, 0.3) is 0 Å². The second-order valence-electron chi connectivity index (χ2n) is 8.41. The Kier molecular flexibility index (Phi) is 4.97. The average Bonchev–Trinajstić information content (AvgIpc) is 2.69. The van der Waals surface area contributed by atoms with Gasteiger partial charge in [-0.05, 0) is 43.4 Å². The third kappa shape index (κ3) is 3.24. The number of allylic oxidation sites excluding steroid dienone is 1. The zero-order chi connectivity index (χ0) is 18.1. The smallest absolute Gasteiger partial charge is 0.234 e. The number of carbonyl (C=O) groups is 2. The van der Waals surface area contributed by atoms with Crippen molar-refractivity contribution in [3.63, 3.8) is 0 Å². The lowest BCUT2D eigenvalue weighted by Crippen LogP contribution is -2.28. The van der Waals surface area contributed by atoms with Crippen LogP contribution in [0.5, 0.6) is 0 Å². The summed E-state index contributed by atoms with van der Waals surface area (Å²) in [6.45, 7) is 0. The predicted octanol–water partition coefficient (Wildman–Crippen LogP) is 5.50. The number of Topliss-reactive ketones (excluding diaryl/α,β-unsaturated/α-hetero) is 2. The number of aliphatic hydroxyl groups is 1. The van der Waals surface area contributed by atoms with E-state index in [1.54, 1.807) is 24.3 Å². The number of hydrogen-bond acceptors (Lipinski definition) is 3. The summed E-state index contributed by atoms with van der Waals surface area (Å²) in [7, 11) is 0. The minimum Gasteiger partial charge on any atom is -0.507 e. The largest absolute Gasteiger partial charge is 0.507 e. The number of carbonyl (C=O) groups excluding carboxylic acids is 2. The number of ketones is 2. The zero-order valence-corrected chi connectivity index (χ0v) is 15.4. The molecule has 0 bridgehead atoms. The van der Waals surface area contributed by atoms with Crippen LogP contribution >= 0.6 is 0 Å². The molecule has 1 aromatic carbocycles. The topological polar surface area (TPSA) is 54.4 Å². The summed E-state index contributed by atoms with van der Waals surface area (Å²) < 4.78 is 0. The Labute approximate surface area is 155 Å². The molecule has 3 aliphatic rings. The van der Waals surface area contributed by atoms with Gasteiger partial charge < -0.3 is 5.11 Å². The fourth-order valence-corrected chi connectivity index (χ4v) is 5.45. The first-order chi connectivity index (χ1) is 12.6. The van der Waals surface area contributed by atoms with E-state index >= 15 is 0 Å². The Morgan fingerprint density at radius 1 is 0.885 bits per heavy atom. The van der Waals surface area contributed by atoms with Crippen molar-refractivity contribution in [3.05, 3.63) is 41.0 Å². The van der Waals surface area contributed by atoms with Crippen LogP contribution < -0.4 is 0 Å². The third-order valence-electron chi connectivity index (χ3n) is 6.88. The van der Waals surface area contributed by atoms with Crippen molar-refractivity contribution in [1.82, 2.24) is 0 Å². The quantitative estimate of drug-likeness (QED) is 0.728. The molecule has 4 rings (SSSR count). The molecule has 138 valence electrons. The van der Waals surface area contributed by atoms with E-state index in [1.165, 1.54) is 44.9 Å². The van der Waals surface area contributed by atoms with Gasteiger partial charge in [0.15, 0.2) is 0 Å². The van der Waals surface area contributed by atoms with Crippen molar-refractivity contribution < 1.29 is 14.7 Å². The first-order valence-electron chi connectivity index (χ1n) is 10.3. The Bertz CT molecular complexity index is 746. The summed E-state index contributed by atoms with van der Waals surface area (Å²) in [5, 5.41) is 10.5. The molecule has 0 heterocycles. The number of hydrogen-bond donors (Lipinski definition) is 1. The maximum Gasteiger partial charge on any atom is 0.234 e. The standard InChI is InChI=1S/C23H28O3/c24-21-18-9-3-4-10-19(18)22(25)23(26)20(21)11-5-6-15-12-13-16-7-1-2-8-17(16)14-15/h3-4,9-10,15-17,24H,1-2,5-8,11-14H2/t15-,16-,17-/m1/s1. The Morgan fingerprint density at radius 3 is 2.42 bits per heavy atom. The highest BCUT2D eigenvalue weighted by atomic mass is 16.3. The monoisotopic (exact) mass is 352 g/mol. The molecule has 0 radical (unpaired) electrons. The molecular weight excluding hydrogens is 324 g/mol. The predicted molar refractivity (Wildman–Crippen MR) is 102 cm³/mol. The molecule has 1 aromatic rings. The van der Waals surface area contributed by atoms with Crippen molar-refractivity contribution in [3.8, 4) is 0 Å². The molecular formula is C23H28O3. The van der Waals surface area contributed by atoms with Crippen molar-refractivity contribution >= 4 is 17.3 Å². The van der Waals surface area contributed by atoms with E-state index in [0.29, 0.717) is 23.1 Å². The molecule has 3 nitrogen and oxygen atoms in total. The highest BCUT2D eigenvalue weighted by Crippen LogP contribution is 2.44. The Balaban J connectivity index is 1.39. The van der Waals surface area contributed by atoms with Gasteiger partial charge in [-0.15, -0.1) is 0 Å². The van der Waals surface area contributed by atoms with Gasteiger partial charge in [-0.25, -0.2) is 0 Å². The molecule has 1 N–H and O–H groups in total. The molecule has 2 saturated carbocycles. The van der Waals surface area contributed by atoms with Crippen LogP contribution in [0.3, 0.4) is 0 Å². The van der Waals surface area contributed by atoms with Gasteiger partial charge in [0.1, 0.15) is 5.76 Å². The molecule has 0 spiro atoms. The highest BCUT2D eigenvalue weighted by Gasteiger charge is 2.34. The van der Waals surface area contributed by atoms with Gasteiger partial charge in [0.2, 0.25) is 11.6 Å². The van der Waals surface area contributed by atoms with Gasteiger partial charge >= 0.3 is 0 Å². The van der Waals surface area contributed by atoms with Crippen molar-refractivity contribution in [2.24, 2.45) is 17.8 Å². The van der Waals surface area contributed by atoms with Crippen LogP contribution in [0.1, 0.15) is 80.1 Å². The van der Waals surface area contributed by atoms with Crippen LogP contribution in [-0.4, -0.2) is 16.7 Å². The Hall–Kier alpha value is -1.90. The maximum absolute atomic E-state index is 12.4. The second kappa shape index (κ2) is 7.38. The average molecular weight is 352 g/mol. The summed E-state index contributed by atoms with van der Waals surface area (Å²) in [6, 6.07) is 6.85. The van der Waals surface area contributed by atoms with Crippen LogP contribution in [0.2, 0.25) is 0 Å². The maximum atomic E-state index is 12.4. The van der Waals surface area contributed by atoms with E-state index in [4.69, 9.17) is 0 Å². The molecule has 3 heteroatoms. The fraction of sp³-hybridized carbons (Fsp3) is 0.565. The summed E-state index contributed by atoms with van der Waals surface area (Å²) in [5.74, 6) is 1.65. The van der Waals surface area contributed by atoms with Crippen LogP contribution in [0.15, 0.2) is 29.8 Å². The van der Waals surface area contributed by atoms with E-state index in [0.717, 1.165) is 30.6 Å². The van der Waals surface area contributed by atoms with Gasteiger partial charge in [0, 0.05) is 16.7 Å². The summed E-state index contributed by atoms with van der Waals surface area (Å²) >= 11 is 0. The highest BCUT2D eigenvalue weighted by molar-refractivity contribution is 6.52. The van der Waals surface area contributed by atoms with Gasteiger partial charge in [-0.1, -0.05) is 62.8 Å². The van der Waals surface area contributed by atoms with Crippen molar-refractivity contribution in [2.45, 2.75) is 64.2 Å². The minimum atomic E-state index is -0.516. The number of aliphatic hydroxyl groups excluding tert-OH is 1.